The fraction of sp³-hybridized carbons (Fsp3) is 0.611. The highest BCUT2D eigenvalue weighted by Gasteiger charge is 2.33. The summed E-state index contributed by atoms with van der Waals surface area (Å²) in [5.41, 5.74) is 1.27. The van der Waals surface area contributed by atoms with Crippen LogP contribution in [0.2, 0.25) is 0 Å². The molecule has 1 aliphatic carbocycles. The maximum atomic E-state index is 4.72. The van der Waals surface area contributed by atoms with Gasteiger partial charge in [0, 0.05) is 11.4 Å². The van der Waals surface area contributed by atoms with Gasteiger partial charge in [0.15, 0.2) is 0 Å². The van der Waals surface area contributed by atoms with E-state index in [9.17, 15) is 0 Å². The van der Waals surface area contributed by atoms with Gasteiger partial charge in [0.1, 0.15) is 0 Å². The van der Waals surface area contributed by atoms with Gasteiger partial charge in [-0.3, -0.25) is 4.68 Å². The molecule has 114 valence electrons. The quantitative estimate of drug-likeness (QED) is 0.919. The van der Waals surface area contributed by atoms with Gasteiger partial charge in [-0.15, -0.1) is 0 Å². The molecule has 1 aliphatic rings. The molecule has 3 nitrogen and oxygen atoms in total. The summed E-state index contributed by atoms with van der Waals surface area (Å²) in [6.07, 6.45) is 5.85. The van der Waals surface area contributed by atoms with Crippen molar-refractivity contribution in [1.82, 2.24) is 15.1 Å². The molecule has 3 atom stereocenters. The van der Waals surface area contributed by atoms with Crippen molar-refractivity contribution in [2.45, 2.75) is 52.1 Å². The van der Waals surface area contributed by atoms with Gasteiger partial charge in [-0.2, -0.15) is 5.10 Å². The minimum atomic E-state index is 0.478. The van der Waals surface area contributed by atoms with E-state index in [4.69, 9.17) is 5.10 Å². The molecule has 2 aromatic rings. The lowest BCUT2D eigenvalue weighted by Gasteiger charge is -2.38. The zero-order valence-electron chi connectivity index (χ0n) is 13.4. The van der Waals surface area contributed by atoms with E-state index < -0.39 is 0 Å². The van der Waals surface area contributed by atoms with E-state index in [0.717, 1.165) is 18.4 Å². The first-order valence-corrected chi connectivity index (χ1v) is 8.36. The molecule has 0 aliphatic heterocycles. The van der Waals surface area contributed by atoms with Crippen molar-refractivity contribution in [1.29, 1.82) is 0 Å². The lowest BCUT2D eigenvalue weighted by atomic mass is 9.77. The molecule has 0 amide bonds. The number of hydrogen-bond acceptors (Lipinski definition) is 2. The molecule has 1 N–H and O–H groups in total. The van der Waals surface area contributed by atoms with Gasteiger partial charge in [0.25, 0.3) is 0 Å². The Kier molecular flexibility index (Phi) is 4.29. The molecule has 3 rings (SSSR count). The number of nitrogens with one attached hydrogen (secondary N) is 1. The third-order valence-electron chi connectivity index (χ3n) is 5.09. The van der Waals surface area contributed by atoms with Gasteiger partial charge < -0.3 is 5.32 Å². The Morgan fingerprint density at radius 3 is 2.86 bits per heavy atom. The van der Waals surface area contributed by atoms with Crippen LogP contribution in [0.25, 0.3) is 10.9 Å². The van der Waals surface area contributed by atoms with Crippen molar-refractivity contribution in [3.05, 3.63) is 30.5 Å². The summed E-state index contributed by atoms with van der Waals surface area (Å²) >= 11 is 0. The van der Waals surface area contributed by atoms with Crippen LogP contribution in [0, 0.1) is 11.8 Å². The molecule has 0 radical (unpaired) electrons. The number of benzene rings is 1. The van der Waals surface area contributed by atoms with Crippen LogP contribution in [0.15, 0.2) is 30.5 Å². The topological polar surface area (TPSA) is 29.9 Å². The first-order valence-electron chi connectivity index (χ1n) is 8.36. The summed E-state index contributed by atoms with van der Waals surface area (Å²) in [6.45, 7) is 7.95. The first kappa shape index (κ1) is 14.6. The Labute approximate surface area is 127 Å². The third kappa shape index (κ3) is 2.84. The highest BCUT2D eigenvalue weighted by Crippen LogP contribution is 2.37. The van der Waals surface area contributed by atoms with Gasteiger partial charge >= 0.3 is 0 Å². The van der Waals surface area contributed by atoms with E-state index >= 15 is 0 Å². The number of para-hydroxylation sites is 1. The average Bonchev–Trinajstić information content (AvgIpc) is 2.91. The summed E-state index contributed by atoms with van der Waals surface area (Å²) in [7, 11) is 0. The fourth-order valence-electron chi connectivity index (χ4n) is 3.81. The average molecular weight is 285 g/mol. The summed E-state index contributed by atoms with van der Waals surface area (Å²) in [4.78, 5) is 0. The lowest BCUT2D eigenvalue weighted by molar-refractivity contribution is 0.167. The van der Waals surface area contributed by atoms with Gasteiger partial charge in [0.2, 0.25) is 0 Å². The largest absolute Gasteiger partial charge is 0.312 e. The zero-order chi connectivity index (χ0) is 14.8. The summed E-state index contributed by atoms with van der Waals surface area (Å²) < 4.78 is 2.28. The second-order valence-electron chi connectivity index (χ2n) is 6.70. The van der Waals surface area contributed by atoms with Crippen molar-refractivity contribution in [3.8, 4) is 0 Å². The van der Waals surface area contributed by atoms with Crippen molar-refractivity contribution in [2.24, 2.45) is 11.8 Å². The Bertz CT molecular complexity index is 587. The molecule has 1 aromatic heterocycles. The second-order valence-corrected chi connectivity index (χ2v) is 6.70. The highest BCUT2D eigenvalue weighted by atomic mass is 15.3. The zero-order valence-corrected chi connectivity index (χ0v) is 13.4. The molecule has 0 bridgehead atoms. The number of aromatic nitrogens is 2. The molecule has 3 heteroatoms. The SMILES string of the molecule is CCNC1CCC(C(C)C)CC1n1ncc2ccccc21. The molecule has 3 unspecified atom stereocenters. The standard InChI is InChI=1S/C18H27N3/c1-4-19-16-10-9-14(13(2)3)11-18(16)21-17-8-6-5-7-15(17)12-20-21/h5-8,12-14,16,18-19H,4,9-11H2,1-3H3. The van der Waals surface area contributed by atoms with Crippen molar-refractivity contribution in [2.75, 3.05) is 6.54 Å². The molecular weight excluding hydrogens is 258 g/mol. The van der Waals surface area contributed by atoms with E-state index in [0.29, 0.717) is 12.1 Å². The van der Waals surface area contributed by atoms with E-state index in [-0.39, 0.29) is 0 Å². The third-order valence-corrected chi connectivity index (χ3v) is 5.09. The Morgan fingerprint density at radius 1 is 1.29 bits per heavy atom. The van der Waals surface area contributed by atoms with Crippen LogP contribution in [0.5, 0.6) is 0 Å². The number of likely N-dealkylation sites (N-methyl/N-ethyl adjacent to an activating group) is 1. The summed E-state index contributed by atoms with van der Waals surface area (Å²) in [5, 5.41) is 9.66. The molecule has 1 heterocycles. The second kappa shape index (κ2) is 6.18. The molecule has 1 aromatic carbocycles. The lowest BCUT2D eigenvalue weighted by Crippen LogP contribution is -2.42. The van der Waals surface area contributed by atoms with E-state index in [1.165, 1.54) is 30.2 Å². The van der Waals surface area contributed by atoms with Crippen LogP contribution in [0.3, 0.4) is 0 Å². The van der Waals surface area contributed by atoms with Gasteiger partial charge in [-0.25, -0.2) is 0 Å². The maximum absolute atomic E-state index is 4.72. The highest BCUT2D eigenvalue weighted by molar-refractivity contribution is 5.78. The number of nitrogens with zero attached hydrogens (tertiary/aromatic N) is 2. The van der Waals surface area contributed by atoms with Crippen LogP contribution in [-0.2, 0) is 0 Å². The molecule has 1 saturated carbocycles. The summed E-state index contributed by atoms with van der Waals surface area (Å²) in [6, 6.07) is 9.59. The normalized spacial score (nSPS) is 26.6. The predicted molar refractivity (Wildman–Crippen MR) is 88.4 cm³/mol. The molecule has 0 saturated heterocycles. The van der Waals surface area contributed by atoms with Crippen LogP contribution in [0.1, 0.15) is 46.1 Å². The van der Waals surface area contributed by atoms with E-state index in [1.54, 1.807) is 0 Å². The molecule has 1 fully saturated rings. The minimum Gasteiger partial charge on any atom is -0.312 e. The van der Waals surface area contributed by atoms with Crippen molar-refractivity contribution < 1.29 is 0 Å². The Hall–Kier alpha value is -1.35. The van der Waals surface area contributed by atoms with Gasteiger partial charge in [-0.1, -0.05) is 39.0 Å². The number of hydrogen-bond donors (Lipinski definition) is 1. The molecule has 21 heavy (non-hydrogen) atoms. The van der Waals surface area contributed by atoms with Crippen LogP contribution >= 0.6 is 0 Å². The van der Waals surface area contributed by atoms with Crippen LogP contribution in [0.4, 0.5) is 0 Å². The fourth-order valence-corrected chi connectivity index (χ4v) is 3.81. The monoisotopic (exact) mass is 285 g/mol. The van der Waals surface area contributed by atoms with Crippen LogP contribution < -0.4 is 5.32 Å². The van der Waals surface area contributed by atoms with E-state index in [1.807, 2.05) is 6.20 Å². The molecular formula is C18H27N3. The number of rotatable bonds is 4. The van der Waals surface area contributed by atoms with E-state index in [2.05, 4.69) is 55.0 Å². The van der Waals surface area contributed by atoms with Gasteiger partial charge in [-0.05, 0) is 43.7 Å². The number of fused-ring (bicyclic) bond motifs is 1. The maximum Gasteiger partial charge on any atom is 0.0686 e. The minimum absolute atomic E-state index is 0.478. The predicted octanol–water partition coefficient (Wildman–Crippen LogP) is 4.01. The van der Waals surface area contributed by atoms with Gasteiger partial charge in [0.05, 0.1) is 17.8 Å². The van der Waals surface area contributed by atoms with Crippen molar-refractivity contribution >= 4 is 10.9 Å². The Morgan fingerprint density at radius 2 is 2.10 bits per heavy atom. The van der Waals surface area contributed by atoms with Crippen molar-refractivity contribution in [3.63, 3.8) is 0 Å². The smallest absolute Gasteiger partial charge is 0.0686 e. The first-order chi connectivity index (χ1) is 10.2. The van der Waals surface area contributed by atoms with Crippen LogP contribution in [-0.4, -0.2) is 22.4 Å². The Balaban J connectivity index is 1.94. The summed E-state index contributed by atoms with van der Waals surface area (Å²) in [5.74, 6) is 1.57. The molecule has 0 spiro atoms.